The highest BCUT2D eigenvalue weighted by Gasteiger charge is 2.69. The average Bonchev–Trinajstić information content (AvgIpc) is 3.16. The van der Waals surface area contributed by atoms with Gasteiger partial charge in [-0.2, -0.15) is 0 Å². The molecule has 0 aromatic rings. The number of hydrogen-bond donors (Lipinski definition) is 1. The third-order valence-corrected chi connectivity index (χ3v) is 11.9. The Labute approximate surface area is 183 Å². The van der Waals surface area contributed by atoms with E-state index in [0.29, 0.717) is 34.7 Å². The van der Waals surface area contributed by atoms with Gasteiger partial charge in [-0.1, -0.05) is 27.7 Å². The van der Waals surface area contributed by atoms with Crippen LogP contribution in [0.2, 0.25) is 0 Å². The highest BCUT2D eigenvalue weighted by Crippen LogP contribution is 2.71. The van der Waals surface area contributed by atoms with Gasteiger partial charge in [-0.05, 0) is 104 Å². The third kappa shape index (κ3) is 2.61. The van der Waals surface area contributed by atoms with Gasteiger partial charge in [0.1, 0.15) is 0 Å². The number of fused-ring (bicyclic) bond motifs is 7. The lowest BCUT2D eigenvalue weighted by Gasteiger charge is -2.61. The van der Waals surface area contributed by atoms with Crippen LogP contribution in [0.15, 0.2) is 0 Å². The number of aliphatic hydroxyl groups is 1. The van der Waals surface area contributed by atoms with Crippen LogP contribution in [0.4, 0.5) is 0 Å². The number of aliphatic hydroxyl groups excluding tert-OH is 1. The second-order valence-electron chi connectivity index (χ2n) is 13.1. The topological polar surface area (TPSA) is 38.7 Å². The Hall–Kier alpha value is -0.120. The fraction of sp³-hybridized carbons (Fsp3) is 1.00. The first-order valence-corrected chi connectivity index (χ1v) is 13.3. The molecule has 6 fully saturated rings. The van der Waals surface area contributed by atoms with Crippen molar-refractivity contribution in [1.29, 1.82) is 0 Å². The van der Waals surface area contributed by atoms with Gasteiger partial charge in [0, 0.05) is 12.3 Å². The molecule has 2 saturated heterocycles. The van der Waals surface area contributed by atoms with Crippen LogP contribution in [0.25, 0.3) is 0 Å². The minimum Gasteiger partial charge on any atom is -0.393 e. The lowest BCUT2D eigenvalue weighted by atomic mass is 9.44. The zero-order valence-corrected chi connectivity index (χ0v) is 19.7. The Bertz CT molecular complexity index is 684. The van der Waals surface area contributed by atoms with Crippen molar-refractivity contribution in [3.8, 4) is 0 Å². The van der Waals surface area contributed by atoms with Crippen molar-refractivity contribution in [3.63, 3.8) is 0 Å². The van der Waals surface area contributed by atoms with Crippen LogP contribution in [0, 0.1) is 52.3 Å². The molecule has 30 heavy (non-hydrogen) atoms. The molecule has 0 aromatic heterocycles. The van der Waals surface area contributed by atoms with Crippen LogP contribution in [-0.4, -0.2) is 29.7 Å². The molecule has 170 valence electrons. The molecule has 2 heterocycles. The standard InChI is InChI=1S/C27H44O3/c1-16-7-12-27(29-15-16)17(2)24-23(30-27)14-22-20-6-5-18-13-19(28)8-10-25(18,3)21(20)9-11-26(22,24)4/h16-24,28H,5-15H2,1-4H3/t16-,17-,18-,19-,20+,21+,22+,23+,24+,25-,26-,27-/m0/s1. The van der Waals surface area contributed by atoms with E-state index in [0.717, 1.165) is 49.5 Å². The van der Waals surface area contributed by atoms with Crippen molar-refractivity contribution in [1.82, 2.24) is 0 Å². The molecule has 0 unspecified atom stereocenters. The second-order valence-corrected chi connectivity index (χ2v) is 13.1. The molecule has 12 atom stereocenters. The summed E-state index contributed by atoms with van der Waals surface area (Å²) in [6.45, 7) is 10.9. The Morgan fingerprint density at radius 2 is 1.63 bits per heavy atom. The Morgan fingerprint density at radius 1 is 0.833 bits per heavy atom. The molecular formula is C27H44O3. The van der Waals surface area contributed by atoms with E-state index in [1.807, 2.05) is 0 Å². The van der Waals surface area contributed by atoms with Crippen molar-refractivity contribution in [3.05, 3.63) is 0 Å². The third-order valence-electron chi connectivity index (χ3n) is 11.9. The lowest BCUT2D eigenvalue weighted by Crippen LogP contribution is -2.55. The Balaban J connectivity index is 1.26. The molecule has 2 aliphatic heterocycles. The van der Waals surface area contributed by atoms with E-state index in [9.17, 15) is 5.11 Å². The fourth-order valence-corrected chi connectivity index (χ4v) is 10.3. The maximum atomic E-state index is 10.3. The first-order valence-electron chi connectivity index (χ1n) is 13.3. The second kappa shape index (κ2) is 6.70. The van der Waals surface area contributed by atoms with Crippen LogP contribution < -0.4 is 0 Å². The van der Waals surface area contributed by atoms with Crippen molar-refractivity contribution in [2.24, 2.45) is 52.3 Å². The maximum Gasteiger partial charge on any atom is 0.171 e. The molecule has 6 rings (SSSR count). The average molecular weight is 417 g/mol. The summed E-state index contributed by atoms with van der Waals surface area (Å²) in [6.07, 6.45) is 12.9. The van der Waals surface area contributed by atoms with Gasteiger partial charge in [0.2, 0.25) is 0 Å². The predicted molar refractivity (Wildman–Crippen MR) is 118 cm³/mol. The molecule has 4 aliphatic carbocycles. The van der Waals surface area contributed by atoms with Crippen molar-refractivity contribution >= 4 is 0 Å². The van der Waals surface area contributed by atoms with E-state index in [4.69, 9.17) is 9.47 Å². The minimum absolute atomic E-state index is 0.0389. The molecule has 0 bridgehead atoms. The largest absolute Gasteiger partial charge is 0.393 e. The van der Waals surface area contributed by atoms with Gasteiger partial charge >= 0.3 is 0 Å². The molecular weight excluding hydrogens is 372 g/mol. The van der Waals surface area contributed by atoms with Crippen molar-refractivity contribution in [2.75, 3.05) is 6.61 Å². The summed E-state index contributed by atoms with van der Waals surface area (Å²) in [5.74, 6) is 4.93. The lowest BCUT2D eigenvalue weighted by molar-refractivity contribution is -0.273. The molecule has 0 aromatic carbocycles. The smallest absolute Gasteiger partial charge is 0.171 e. The molecule has 3 heteroatoms. The summed E-state index contributed by atoms with van der Waals surface area (Å²) in [6, 6.07) is 0. The SMILES string of the molecule is C[C@H]1CC[C@]2(OC1)O[C@@H]1C[C@@H]3[C@@H]4CC[C@H]5C[C@@H](O)CC[C@]5(C)[C@@H]4CC[C@]3(C)[C@@H]1[C@@H]2C. The summed E-state index contributed by atoms with van der Waals surface area (Å²) < 4.78 is 13.4. The molecule has 1 spiro atoms. The van der Waals surface area contributed by atoms with E-state index < -0.39 is 0 Å². The molecule has 0 amide bonds. The zero-order valence-electron chi connectivity index (χ0n) is 19.7. The van der Waals surface area contributed by atoms with Crippen LogP contribution >= 0.6 is 0 Å². The number of hydrogen-bond acceptors (Lipinski definition) is 3. The first kappa shape index (κ1) is 20.5. The maximum absolute atomic E-state index is 10.3. The molecule has 3 nitrogen and oxygen atoms in total. The summed E-state index contributed by atoms with van der Waals surface area (Å²) in [5.41, 5.74) is 0.899. The van der Waals surface area contributed by atoms with Gasteiger partial charge in [-0.15, -0.1) is 0 Å². The highest BCUT2D eigenvalue weighted by atomic mass is 16.7. The van der Waals surface area contributed by atoms with Crippen molar-refractivity contribution in [2.45, 2.75) is 110 Å². The van der Waals surface area contributed by atoms with Crippen LogP contribution in [0.5, 0.6) is 0 Å². The van der Waals surface area contributed by atoms with E-state index in [-0.39, 0.29) is 11.9 Å². The predicted octanol–water partition coefficient (Wildman–Crippen LogP) is 5.79. The van der Waals surface area contributed by atoms with E-state index in [1.165, 1.54) is 44.9 Å². The van der Waals surface area contributed by atoms with Crippen LogP contribution in [0.1, 0.15) is 91.9 Å². The molecule has 0 radical (unpaired) electrons. The Morgan fingerprint density at radius 3 is 2.40 bits per heavy atom. The summed E-state index contributed by atoms with van der Waals surface area (Å²) >= 11 is 0. The van der Waals surface area contributed by atoms with Crippen molar-refractivity contribution < 1.29 is 14.6 Å². The molecule has 6 aliphatic rings. The fourth-order valence-electron chi connectivity index (χ4n) is 10.3. The Kier molecular flexibility index (Phi) is 4.58. The quantitative estimate of drug-likeness (QED) is 0.543. The number of rotatable bonds is 0. The van der Waals surface area contributed by atoms with Gasteiger partial charge in [0.15, 0.2) is 5.79 Å². The zero-order chi connectivity index (χ0) is 20.9. The summed E-state index contributed by atoms with van der Waals surface area (Å²) in [4.78, 5) is 0. The monoisotopic (exact) mass is 416 g/mol. The minimum atomic E-state index is -0.282. The summed E-state index contributed by atoms with van der Waals surface area (Å²) in [5, 5.41) is 10.3. The van der Waals surface area contributed by atoms with E-state index in [1.54, 1.807) is 0 Å². The van der Waals surface area contributed by atoms with Crippen LogP contribution in [-0.2, 0) is 9.47 Å². The number of ether oxygens (including phenoxy) is 2. The first-order chi connectivity index (χ1) is 14.3. The van der Waals surface area contributed by atoms with Gasteiger partial charge in [-0.25, -0.2) is 0 Å². The molecule has 4 saturated carbocycles. The van der Waals surface area contributed by atoms with Gasteiger partial charge in [0.05, 0.1) is 18.8 Å². The van der Waals surface area contributed by atoms with Gasteiger partial charge in [0.25, 0.3) is 0 Å². The van der Waals surface area contributed by atoms with E-state index in [2.05, 4.69) is 27.7 Å². The summed E-state index contributed by atoms with van der Waals surface area (Å²) in [7, 11) is 0. The van der Waals surface area contributed by atoms with Gasteiger partial charge in [-0.3, -0.25) is 0 Å². The molecule has 1 N–H and O–H groups in total. The normalized spacial score (nSPS) is 62.5. The van der Waals surface area contributed by atoms with Crippen LogP contribution in [0.3, 0.4) is 0 Å². The van der Waals surface area contributed by atoms with E-state index >= 15 is 0 Å². The highest BCUT2D eigenvalue weighted by molar-refractivity contribution is 5.15. The van der Waals surface area contributed by atoms with Gasteiger partial charge < -0.3 is 14.6 Å².